The van der Waals surface area contributed by atoms with Gasteiger partial charge in [-0.05, 0) is 13.3 Å². The molecule has 0 aliphatic rings. The summed E-state index contributed by atoms with van der Waals surface area (Å²) in [5.41, 5.74) is 0. The maximum Gasteiger partial charge on any atom is 0.282 e. The fourth-order valence-corrected chi connectivity index (χ4v) is 3.28. The molecule has 0 bridgehead atoms. The Morgan fingerprint density at radius 1 is 1.41 bits per heavy atom. The molecular weight excluding hydrogens is 264 g/mol. The number of nitrogens with zero attached hydrogens (tertiary/aromatic N) is 2. The molecule has 17 heavy (non-hydrogen) atoms. The van der Waals surface area contributed by atoms with E-state index in [4.69, 9.17) is 16.3 Å². The zero-order valence-corrected chi connectivity index (χ0v) is 12.6. The highest BCUT2D eigenvalue weighted by Crippen LogP contribution is 2.11. The molecule has 0 saturated carbocycles. The van der Waals surface area contributed by atoms with E-state index < -0.39 is 10.2 Å². The van der Waals surface area contributed by atoms with E-state index in [0.29, 0.717) is 32.0 Å². The summed E-state index contributed by atoms with van der Waals surface area (Å²) in [5, 5.41) is 0. The summed E-state index contributed by atoms with van der Waals surface area (Å²) in [4.78, 5) is 0. The van der Waals surface area contributed by atoms with Crippen LogP contribution < -0.4 is 0 Å². The number of ether oxygens (including phenoxy) is 1. The Morgan fingerprint density at radius 2 is 2.00 bits per heavy atom. The van der Waals surface area contributed by atoms with Crippen LogP contribution in [0, 0.1) is 0 Å². The van der Waals surface area contributed by atoms with E-state index in [1.54, 1.807) is 14.2 Å². The Bertz CT molecular complexity index is 298. The molecule has 0 aromatic rings. The first-order valence-electron chi connectivity index (χ1n) is 5.69. The quantitative estimate of drug-likeness (QED) is 0.598. The van der Waals surface area contributed by atoms with E-state index in [1.807, 2.05) is 13.8 Å². The van der Waals surface area contributed by atoms with Crippen molar-refractivity contribution < 1.29 is 13.2 Å². The lowest BCUT2D eigenvalue weighted by Crippen LogP contribution is -2.47. The van der Waals surface area contributed by atoms with E-state index in [1.165, 1.54) is 8.61 Å². The van der Waals surface area contributed by atoms with Crippen molar-refractivity contribution in [3.05, 3.63) is 0 Å². The number of hydrogen-bond acceptors (Lipinski definition) is 3. The summed E-state index contributed by atoms with van der Waals surface area (Å²) in [7, 11) is -0.280. The molecule has 7 heteroatoms. The first-order chi connectivity index (χ1) is 7.91. The van der Waals surface area contributed by atoms with Crippen molar-refractivity contribution >= 4 is 21.8 Å². The molecule has 0 radical (unpaired) electrons. The van der Waals surface area contributed by atoms with Gasteiger partial charge < -0.3 is 4.74 Å². The Hall–Kier alpha value is 0.120. The van der Waals surface area contributed by atoms with Crippen molar-refractivity contribution in [1.82, 2.24) is 8.61 Å². The Labute approximate surface area is 110 Å². The lowest BCUT2D eigenvalue weighted by molar-refractivity contribution is 0.139. The van der Waals surface area contributed by atoms with Gasteiger partial charge in [-0.2, -0.15) is 17.0 Å². The Balaban J connectivity index is 4.73. The molecule has 0 spiro atoms. The fraction of sp³-hybridized carbons (Fsp3) is 1.00. The van der Waals surface area contributed by atoms with E-state index in [0.717, 1.165) is 0 Å². The van der Waals surface area contributed by atoms with Gasteiger partial charge in [-0.3, -0.25) is 0 Å². The molecule has 0 aliphatic carbocycles. The highest BCUT2D eigenvalue weighted by Gasteiger charge is 2.29. The summed E-state index contributed by atoms with van der Waals surface area (Å²) in [6.45, 7) is 4.90. The van der Waals surface area contributed by atoms with E-state index >= 15 is 0 Å². The Morgan fingerprint density at radius 3 is 2.41 bits per heavy atom. The highest BCUT2D eigenvalue weighted by atomic mass is 35.5. The summed E-state index contributed by atoms with van der Waals surface area (Å²) >= 11 is 5.57. The second kappa shape index (κ2) is 8.26. The van der Waals surface area contributed by atoms with E-state index in [9.17, 15) is 8.42 Å². The van der Waals surface area contributed by atoms with E-state index in [2.05, 4.69) is 0 Å². The zero-order chi connectivity index (χ0) is 13.5. The molecule has 1 atom stereocenters. The molecule has 0 heterocycles. The largest absolute Gasteiger partial charge is 0.383 e. The van der Waals surface area contributed by atoms with Gasteiger partial charge in [-0.25, -0.2) is 0 Å². The number of halogens is 1. The molecule has 0 rings (SSSR count). The van der Waals surface area contributed by atoms with Crippen LogP contribution >= 0.6 is 11.6 Å². The van der Waals surface area contributed by atoms with Crippen LogP contribution in [-0.4, -0.2) is 62.8 Å². The first-order valence-corrected chi connectivity index (χ1v) is 7.62. The summed E-state index contributed by atoms with van der Waals surface area (Å²) in [5.74, 6) is 0.458. The maximum atomic E-state index is 12.2. The number of hydrogen-bond donors (Lipinski definition) is 0. The summed E-state index contributed by atoms with van der Waals surface area (Å²) < 4.78 is 32.2. The second-order valence-electron chi connectivity index (χ2n) is 3.88. The van der Waals surface area contributed by atoms with Gasteiger partial charge >= 0.3 is 0 Å². The molecule has 104 valence electrons. The van der Waals surface area contributed by atoms with Gasteiger partial charge in [0.25, 0.3) is 10.2 Å². The minimum atomic E-state index is -3.42. The molecule has 0 saturated heterocycles. The third-order valence-corrected chi connectivity index (χ3v) is 4.96. The number of methoxy groups -OCH3 is 1. The van der Waals surface area contributed by atoms with Gasteiger partial charge in [-0.1, -0.05) is 6.92 Å². The number of likely N-dealkylation sites (N-methyl/N-ethyl adjacent to an activating group) is 1. The van der Waals surface area contributed by atoms with Crippen molar-refractivity contribution in [3.8, 4) is 0 Å². The van der Waals surface area contributed by atoms with Crippen molar-refractivity contribution in [2.75, 3.05) is 39.7 Å². The van der Waals surface area contributed by atoms with Gasteiger partial charge in [0.1, 0.15) is 0 Å². The predicted octanol–water partition coefficient (Wildman–Crippen LogP) is 1.15. The van der Waals surface area contributed by atoms with Crippen LogP contribution in [0.1, 0.15) is 20.3 Å². The Kier molecular flexibility index (Phi) is 8.32. The van der Waals surface area contributed by atoms with Crippen molar-refractivity contribution in [1.29, 1.82) is 0 Å². The van der Waals surface area contributed by atoms with Crippen LogP contribution in [-0.2, 0) is 14.9 Å². The van der Waals surface area contributed by atoms with Gasteiger partial charge in [0.05, 0.1) is 6.61 Å². The highest BCUT2D eigenvalue weighted by molar-refractivity contribution is 7.86. The average Bonchev–Trinajstić information content (AvgIpc) is 2.26. The molecule has 0 aromatic heterocycles. The third-order valence-electron chi connectivity index (χ3n) is 2.51. The number of rotatable bonds is 9. The van der Waals surface area contributed by atoms with Crippen LogP contribution in [0.4, 0.5) is 0 Å². The smallest absolute Gasteiger partial charge is 0.282 e. The van der Waals surface area contributed by atoms with Crippen LogP contribution in [0.2, 0.25) is 0 Å². The monoisotopic (exact) mass is 286 g/mol. The first kappa shape index (κ1) is 17.1. The van der Waals surface area contributed by atoms with Gasteiger partial charge in [0.2, 0.25) is 0 Å². The number of alkyl halides is 1. The van der Waals surface area contributed by atoms with Crippen LogP contribution in [0.15, 0.2) is 0 Å². The SMILES string of the molecule is CCN(C(C)COC)S(=O)(=O)N(C)CCCCl. The predicted molar refractivity (Wildman–Crippen MR) is 70.6 cm³/mol. The molecule has 0 amide bonds. The van der Waals surface area contributed by atoms with Gasteiger partial charge in [-0.15, -0.1) is 11.6 Å². The lowest BCUT2D eigenvalue weighted by atomic mass is 10.4. The third kappa shape index (κ3) is 5.09. The van der Waals surface area contributed by atoms with Crippen LogP contribution in [0.25, 0.3) is 0 Å². The summed E-state index contributed by atoms with van der Waals surface area (Å²) in [6.07, 6.45) is 0.646. The van der Waals surface area contributed by atoms with Crippen molar-refractivity contribution in [2.24, 2.45) is 0 Å². The minimum Gasteiger partial charge on any atom is -0.383 e. The molecule has 0 aliphatic heterocycles. The molecule has 0 N–H and O–H groups in total. The minimum absolute atomic E-state index is 0.173. The normalized spacial score (nSPS) is 14.5. The van der Waals surface area contributed by atoms with Crippen LogP contribution in [0.3, 0.4) is 0 Å². The van der Waals surface area contributed by atoms with Gasteiger partial charge in [0.15, 0.2) is 0 Å². The average molecular weight is 287 g/mol. The molecular formula is C10H23ClN2O3S. The molecule has 1 unspecified atom stereocenters. The molecule has 0 aromatic carbocycles. The topological polar surface area (TPSA) is 49.9 Å². The van der Waals surface area contributed by atoms with Crippen molar-refractivity contribution in [3.63, 3.8) is 0 Å². The van der Waals surface area contributed by atoms with E-state index in [-0.39, 0.29) is 6.04 Å². The fourth-order valence-electron chi connectivity index (χ4n) is 1.60. The molecule has 0 fully saturated rings. The van der Waals surface area contributed by atoms with Crippen LogP contribution in [0.5, 0.6) is 0 Å². The maximum absolute atomic E-state index is 12.2. The zero-order valence-electron chi connectivity index (χ0n) is 11.0. The lowest BCUT2D eigenvalue weighted by Gasteiger charge is -2.30. The standard InChI is InChI=1S/C10H23ClN2O3S/c1-5-13(10(2)9-16-4)17(14,15)12(3)8-6-7-11/h10H,5-9H2,1-4H3. The molecule has 5 nitrogen and oxygen atoms in total. The van der Waals surface area contributed by atoms with Crippen molar-refractivity contribution in [2.45, 2.75) is 26.3 Å². The second-order valence-corrected chi connectivity index (χ2v) is 6.25. The summed E-state index contributed by atoms with van der Waals surface area (Å²) in [6, 6.07) is -0.173. The van der Waals surface area contributed by atoms with Gasteiger partial charge in [0, 0.05) is 39.2 Å².